The number of nitrogens with zero attached hydrogens (tertiary/aromatic N) is 1. The number of carboxylic acid groups (broad SMARTS) is 1. The number of aliphatic carboxylic acids is 1. The zero-order valence-corrected chi connectivity index (χ0v) is 15.5. The molecule has 0 saturated carbocycles. The molecule has 0 aromatic carbocycles. The fraction of sp³-hybridized carbons (Fsp3) is 0.600. The number of amides is 2. The lowest BCUT2D eigenvalue weighted by atomic mass is 10.1. The van der Waals surface area contributed by atoms with Crippen molar-refractivity contribution in [1.82, 2.24) is 20.6 Å². The van der Waals surface area contributed by atoms with Crippen LogP contribution >= 0.6 is 11.8 Å². The van der Waals surface area contributed by atoms with Crippen molar-refractivity contribution < 1.29 is 24.6 Å². The SMILES string of the molecule is CSCCC(N)C(=O)NC(Cc1cnc[nH]1)C(=O)NC(C(=O)O)C(C)O. The van der Waals surface area contributed by atoms with E-state index < -0.39 is 42.0 Å². The molecule has 4 unspecified atom stereocenters. The first-order chi connectivity index (χ1) is 12.3. The number of carbonyl (C=O) groups is 3. The molecule has 1 aromatic rings. The number of carbonyl (C=O) groups excluding carboxylic acids is 2. The number of carboxylic acids is 1. The van der Waals surface area contributed by atoms with E-state index in [4.69, 9.17) is 10.8 Å². The number of aliphatic hydroxyl groups excluding tert-OH is 1. The molecular formula is C15H25N5O5S. The van der Waals surface area contributed by atoms with Gasteiger partial charge < -0.3 is 31.6 Å². The molecule has 0 bridgehead atoms. The quantitative estimate of drug-likeness (QED) is 0.265. The summed E-state index contributed by atoms with van der Waals surface area (Å²) >= 11 is 1.55. The number of aromatic amines is 1. The lowest BCUT2D eigenvalue weighted by Crippen LogP contribution is -2.57. The van der Waals surface area contributed by atoms with Gasteiger partial charge in [-0.1, -0.05) is 0 Å². The van der Waals surface area contributed by atoms with Crippen LogP contribution in [0.1, 0.15) is 19.0 Å². The molecule has 0 fully saturated rings. The molecule has 26 heavy (non-hydrogen) atoms. The molecule has 1 rings (SSSR count). The maximum absolute atomic E-state index is 12.5. The molecule has 0 aliphatic rings. The molecule has 1 aromatic heterocycles. The standard InChI is InChI=1S/C15H25N5O5S/c1-8(21)12(15(24)25)20-14(23)11(5-9-6-17-7-18-9)19-13(22)10(16)3-4-26-2/h6-8,10-12,21H,3-5,16H2,1-2H3,(H,17,18)(H,19,22)(H,20,23)(H,24,25). The van der Waals surface area contributed by atoms with Crippen LogP contribution in [0.3, 0.4) is 0 Å². The first-order valence-electron chi connectivity index (χ1n) is 7.99. The van der Waals surface area contributed by atoms with E-state index in [0.29, 0.717) is 17.9 Å². The van der Waals surface area contributed by atoms with Gasteiger partial charge in [0.15, 0.2) is 6.04 Å². The Labute approximate surface area is 155 Å². The van der Waals surface area contributed by atoms with Gasteiger partial charge in [-0.3, -0.25) is 9.59 Å². The van der Waals surface area contributed by atoms with Crippen LogP contribution in [0, 0.1) is 0 Å². The lowest BCUT2D eigenvalue weighted by molar-refractivity contribution is -0.145. The molecule has 0 saturated heterocycles. The van der Waals surface area contributed by atoms with E-state index in [1.165, 1.54) is 19.4 Å². The number of nitrogens with two attached hydrogens (primary N) is 1. The first-order valence-corrected chi connectivity index (χ1v) is 9.39. The van der Waals surface area contributed by atoms with Crippen molar-refractivity contribution >= 4 is 29.5 Å². The van der Waals surface area contributed by atoms with Crippen LogP contribution in [0.4, 0.5) is 0 Å². The van der Waals surface area contributed by atoms with Gasteiger partial charge in [-0.05, 0) is 25.4 Å². The number of rotatable bonds is 11. The van der Waals surface area contributed by atoms with Crippen LogP contribution in [0.15, 0.2) is 12.5 Å². The molecule has 2 amide bonds. The Kier molecular flexibility index (Phi) is 9.10. The van der Waals surface area contributed by atoms with E-state index in [1.54, 1.807) is 11.8 Å². The largest absolute Gasteiger partial charge is 0.480 e. The van der Waals surface area contributed by atoms with Gasteiger partial charge in [0.2, 0.25) is 11.8 Å². The van der Waals surface area contributed by atoms with Crippen molar-refractivity contribution in [3.8, 4) is 0 Å². The number of hydrogen-bond acceptors (Lipinski definition) is 7. The number of nitrogens with one attached hydrogen (secondary N) is 3. The smallest absolute Gasteiger partial charge is 0.328 e. The van der Waals surface area contributed by atoms with Crippen LogP contribution < -0.4 is 16.4 Å². The normalized spacial score (nSPS) is 15.5. The Morgan fingerprint density at radius 2 is 2.04 bits per heavy atom. The highest BCUT2D eigenvalue weighted by atomic mass is 32.2. The summed E-state index contributed by atoms with van der Waals surface area (Å²) in [4.78, 5) is 42.5. The molecule has 4 atom stereocenters. The molecular weight excluding hydrogens is 362 g/mol. The summed E-state index contributed by atoms with van der Waals surface area (Å²) in [6, 6.07) is -3.34. The number of aliphatic hydroxyl groups is 1. The fourth-order valence-corrected chi connectivity index (χ4v) is 2.61. The zero-order chi connectivity index (χ0) is 19.7. The van der Waals surface area contributed by atoms with Crippen molar-refractivity contribution in [2.24, 2.45) is 5.73 Å². The van der Waals surface area contributed by atoms with E-state index in [1.807, 2.05) is 6.26 Å². The van der Waals surface area contributed by atoms with Gasteiger partial charge in [0.1, 0.15) is 6.04 Å². The monoisotopic (exact) mass is 387 g/mol. The number of hydrogen-bond donors (Lipinski definition) is 6. The highest BCUT2D eigenvalue weighted by Gasteiger charge is 2.30. The van der Waals surface area contributed by atoms with Crippen LogP contribution in [0.25, 0.3) is 0 Å². The van der Waals surface area contributed by atoms with Crippen LogP contribution in [0.2, 0.25) is 0 Å². The summed E-state index contributed by atoms with van der Waals surface area (Å²) in [5.74, 6) is -1.94. The Morgan fingerprint density at radius 3 is 2.54 bits per heavy atom. The average molecular weight is 387 g/mol. The molecule has 7 N–H and O–H groups in total. The molecule has 146 valence electrons. The van der Waals surface area contributed by atoms with Crippen molar-refractivity contribution in [3.63, 3.8) is 0 Å². The third kappa shape index (κ3) is 7.02. The third-order valence-corrected chi connectivity index (χ3v) is 4.27. The van der Waals surface area contributed by atoms with Gasteiger partial charge in [-0.15, -0.1) is 0 Å². The number of imidazole rings is 1. The summed E-state index contributed by atoms with van der Waals surface area (Å²) in [7, 11) is 0. The van der Waals surface area contributed by atoms with Crippen molar-refractivity contribution in [2.45, 2.75) is 44.0 Å². The fourth-order valence-electron chi connectivity index (χ4n) is 2.12. The maximum Gasteiger partial charge on any atom is 0.328 e. The molecule has 0 spiro atoms. The molecule has 0 radical (unpaired) electrons. The average Bonchev–Trinajstić information content (AvgIpc) is 3.08. The predicted octanol–water partition coefficient (Wildman–Crippen LogP) is -1.53. The van der Waals surface area contributed by atoms with Gasteiger partial charge in [-0.25, -0.2) is 9.78 Å². The second-order valence-corrected chi connectivity index (χ2v) is 6.78. The zero-order valence-electron chi connectivity index (χ0n) is 14.6. The van der Waals surface area contributed by atoms with E-state index in [0.717, 1.165) is 0 Å². The topological polar surface area (TPSA) is 170 Å². The first kappa shape index (κ1) is 21.9. The molecule has 11 heteroatoms. The summed E-state index contributed by atoms with van der Waals surface area (Å²) in [5.41, 5.74) is 6.39. The van der Waals surface area contributed by atoms with Crippen molar-refractivity contribution in [3.05, 3.63) is 18.2 Å². The summed E-state index contributed by atoms with van der Waals surface area (Å²) < 4.78 is 0. The predicted molar refractivity (Wildman–Crippen MR) is 96.4 cm³/mol. The second kappa shape index (κ2) is 10.8. The van der Waals surface area contributed by atoms with Gasteiger partial charge in [0, 0.05) is 18.3 Å². The maximum atomic E-state index is 12.5. The summed E-state index contributed by atoms with van der Waals surface area (Å²) in [6.45, 7) is 1.25. The Hall–Kier alpha value is -2.11. The Balaban J connectivity index is 2.85. The van der Waals surface area contributed by atoms with Crippen molar-refractivity contribution in [2.75, 3.05) is 12.0 Å². The molecule has 10 nitrogen and oxygen atoms in total. The van der Waals surface area contributed by atoms with Crippen LogP contribution in [0.5, 0.6) is 0 Å². The summed E-state index contributed by atoms with van der Waals surface area (Å²) in [6.07, 6.45) is 4.01. The van der Waals surface area contributed by atoms with Gasteiger partial charge in [0.05, 0.1) is 18.5 Å². The van der Waals surface area contributed by atoms with Gasteiger partial charge in [-0.2, -0.15) is 11.8 Å². The highest BCUT2D eigenvalue weighted by Crippen LogP contribution is 2.04. The van der Waals surface area contributed by atoms with Crippen molar-refractivity contribution in [1.29, 1.82) is 0 Å². The van der Waals surface area contributed by atoms with Gasteiger partial charge >= 0.3 is 5.97 Å². The van der Waals surface area contributed by atoms with Crippen LogP contribution in [-0.4, -0.2) is 74.2 Å². The highest BCUT2D eigenvalue weighted by molar-refractivity contribution is 7.98. The lowest BCUT2D eigenvalue weighted by Gasteiger charge is -2.23. The Morgan fingerprint density at radius 1 is 1.35 bits per heavy atom. The van der Waals surface area contributed by atoms with E-state index >= 15 is 0 Å². The number of aromatic nitrogens is 2. The summed E-state index contributed by atoms with van der Waals surface area (Å²) in [5, 5.41) is 23.4. The van der Waals surface area contributed by atoms with Gasteiger partial charge in [0.25, 0.3) is 0 Å². The molecule has 0 aliphatic carbocycles. The molecule has 1 heterocycles. The van der Waals surface area contributed by atoms with Crippen LogP contribution in [-0.2, 0) is 20.8 Å². The minimum Gasteiger partial charge on any atom is -0.480 e. The Bertz CT molecular complexity index is 595. The second-order valence-electron chi connectivity index (χ2n) is 5.80. The van der Waals surface area contributed by atoms with E-state index in [-0.39, 0.29) is 6.42 Å². The van der Waals surface area contributed by atoms with E-state index in [9.17, 15) is 19.5 Å². The van der Waals surface area contributed by atoms with E-state index in [2.05, 4.69) is 20.6 Å². The molecule has 0 aliphatic heterocycles. The number of thioether (sulfide) groups is 1. The minimum absolute atomic E-state index is 0.0684. The minimum atomic E-state index is -1.49. The third-order valence-electron chi connectivity index (χ3n) is 3.63. The number of H-pyrrole nitrogens is 1.